The Hall–Kier alpha value is -0.410. The molecule has 3 heteroatoms. The average Bonchev–Trinajstić information content (AvgIpc) is 2.03. The lowest BCUT2D eigenvalue weighted by atomic mass is 10.3. The standard InChI is InChI=1S/C8H15FO2/c1-3-5-10-6-8(4-2)11-7-9/h3,8H,1,4-7H2,2H3. The van der Waals surface area contributed by atoms with Crippen LogP contribution in [0.25, 0.3) is 0 Å². The van der Waals surface area contributed by atoms with Gasteiger partial charge in [-0.25, -0.2) is 4.39 Å². The molecule has 0 aromatic carbocycles. The van der Waals surface area contributed by atoms with Crippen LogP contribution in [-0.4, -0.2) is 26.2 Å². The average molecular weight is 162 g/mol. The minimum absolute atomic E-state index is 0.125. The van der Waals surface area contributed by atoms with Gasteiger partial charge in [-0.3, -0.25) is 0 Å². The summed E-state index contributed by atoms with van der Waals surface area (Å²) in [4.78, 5) is 0. The minimum Gasteiger partial charge on any atom is -0.375 e. The minimum atomic E-state index is -0.740. The summed E-state index contributed by atoms with van der Waals surface area (Å²) in [6, 6.07) is 0. The van der Waals surface area contributed by atoms with Gasteiger partial charge < -0.3 is 9.47 Å². The predicted molar refractivity (Wildman–Crippen MR) is 42.2 cm³/mol. The van der Waals surface area contributed by atoms with E-state index in [4.69, 9.17) is 9.47 Å². The van der Waals surface area contributed by atoms with Crippen LogP contribution in [0.15, 0.2) is 12.7 Å². The Balaban J connectivity index is 3.27. The van der Waals surface area contributed by atoms with Gasteiger partial charge in [0.1, 0.15) is 0 Å². The zero-order valence-electron chi connectivity index (χ0n) is 6.88. The summed E-state index contributed by atoms with van der Waals surface area (Å²) >= 11 is 0. The SMILES string of the molecule is C=CCOCC(CC)OCF. The molecule has 1 atom stereocenters. The van der Waals surface area contributed by atoms with Gasteiger partial charge in [0, 0.05) is 0 Å². The van der Waals surface area contributed by atoms with Crippen molar-refractivity contribution in [2.24, 2.45) is 0 Å². The number of ether oxygens (including phenoxy) is 2. The molecule has 0 N–H and O–H groups in total. The fraction of sp³-hybridized carbons (Fsp3) is 0.750. The van der Waals surface area contributed by atoms with E-state index < -0.39 is 6.86 Å². The van der Waals surface area contributed by atoms with Gasteiger partial charge in [-0.15, -0.1) is 6.58 Å². The van der Waals surface area contributed by atoms with E-state index in [1.165, 1.54) is 0 Å². The fourth-order valence-corrected chi connectivity index (χ4v) is 0.656. The lowest BCUT2D eigenvalue weighted by Gasteiger charge is -2.12. The smallest absolute Gasteiger partial charge is 0.188 e. The van der Waals surface area contributed by atoms with Crippen molar-refractivity contribution >= 4 is 0 Å². The molecule has 0 saturated carbocycles. The molecule has 0 aliphatic heterocycles. The Bertz CT molecular complexity index is 96.1. The molecule has 0 radical (unpaired) electrons. The highest BCUT2D eigenvalue weighted by Crippen LogP contribution is 1.98. The fourth-order valence-electron chi connectivity index (χ4n) is 0.656. The molecule has 0 bridgehead atoms. The molecular formula is C8H15FO2. The van der Waals surface area contributed by atoms with Crippen molar-refractivity contribution in [3.05, 3.63) is 12.7 Å². The van der Waals surface area contributed by atoms with E-state index in [2.05, 4.69) is 6.58 Å². The van der Waals surface area contributed by atoms with E-state index in [9.17, 15) is 4.39 Å². The molecule has 0 aromatic rings. The largest absolute Gasteiger partial charge is 0.375 e. The molecule has 0 rings (SSSR count). The second kappa shape index (κ2) is 7.69. The van der Waals surface area contributed by atoms with Crippen molar-refractivity contribution < 1.29 is 13.9 Å². The third-order valence-corrected chi connectivity index (χ3v) is 1.29. The van der Waals surface area contributed by atoms with Crippen LogP contribution >= 0.6 is 0 Å². The van der Waals surface area contributed by atoms with Crippen molar-refractivity contribution in [2.45, 2.75) is 19.4 Å². The molecule has 11 heavy (non-hydrogen) atoms. The topological polar surface area (TPSA) is 18.5 Å². The van der Waals surface area contributed by atoms with Gasteiger partial charge in [0.05, 0.1) is 19.3 Å². The normalized spacial score (nSPS) is 12.9. The molecule has 66 valence electrons. The van der Waals surface area contributed by atoms with Gasteiger partial charge in [-0.1, -0.05) is 13.0 Å². The van der Waals surface area contributed by atoms with Gasteiger partial charge in [-0.05, 0) is 6.42 Å². The van der Waals surface area contributed by atoms with Crippen LogP contribution in [0.4, 0.5) is 4.39 Å². The van der Waals surface area contributed by atoms with Crippen LogP contribution in [0.3, 0.4) is 0 Å². The van der Waals surface area contributed by atoms with E-state index in [1.54, 1.807) is 6.08 Å². The number of hydrogen-bond donors (Lipinski definition) is 0. The Morgan fingerprint density at radius 3 is 2.82 bits per heavy atom. The maximum atomic E-state index is 11.6. The van der Waals surface area contributed by atoms with Crippen molar-refractivity contribution in [3.63, 3.8) is 0 Å². The van der Waals surface area contributed by atoms with E-state index in [1.807, 2.05) is 6.92 Å². The van der Waals surface area contributed by atoms with Gasteiger partial charge in [-0.2, -0.15) is 0 Å². The number of hydrogen-bond acceptors (Lipinski definition) is 2. The number of alkyl halides is 1. The van der Waals surface area contributed by atoms with Crippen LogP contribution in [-0.2, 0) is 9.47 Å². The van der Waals surface area contributed by atoms with E-state index >= 15 is 0 Å². The number of halogens is 1. The summed E-state index contributed by atoms with van der Waals surface area (Å²) in [5.41, 5.74) is 0. The zero-order valence-corrected chi connectivity index (χ0v) is 6.88. The summed E-state index contributed by atoms with van der Waals surface area (Å²) in [5.74, 6) is 0. The molecule has 0 heterocycles. The highest BCUT2D eigenvalue weighted by atomic mass is 19.1. The molecular weight excluding hydrogens is 147 g/mol. The Morgan fingerprint density at radius 2 is 2.36 bits per heavy atom. The van der Waals surface area contributed by atoms with Gasteiger partial charge in [0.15, 0.2) is 6.86 Å². The van der Waals surface area contributed by atoms with Crippen molar-refractivity contribution in [1.82, 2.24) is 0 Å². The molecule has 1 unspecified atom stereocenters. The van der Waals surface area contributed by atoms with E-state index in [-0.39, 0.29) is 6.10 Å². The maximum Gasteiger partial charge on any atom is 0.188 e. The Kier molecular flexibility index (Phi) is 7.41. The quantitative estimate of drug-likeness (QED) is 0.420. The third-order valence-electron chi connectivity index (χ3n) is 1.29. The highest BCUT2D eigenvalue weighted by Gasteiger charge is 2.04. The van der Waals surface area contributed by atoms with Crippen molar-refractivity contribution in [3.8, 4) is 0 Å². The van der Waals surface area contributed by atoms with Crippen LogP contribution in [0.2, 0.25) is 0 Å². The highest BCUT2D eigenvalue weighted by molar-refractivity contribution is 4.64. The first-order valence-corrected chi connectivity index (χ1v) is 3.71. The Morgan fingerprint density at radius 1 is 1.64 bits per heavy atom. The molecule has 2 nitrogen and oxygen atoms in total. The number of rotatable bonds is 7. The van der Waals surface area contributed by atoms with Crippen molar-refractivity contribution in [2.75, 3.05) is 20.1 Å². The van der Waals surface area contributed by atoms with Gasteiger partial charge in [0.2, 0.25) is 0 Å². The second-order valence-electron chi connectivity index (χ2n) is 2.13. The predicted octanol–water partition coefficient (Wildman–Crippen LogP) is 1.91. The first-order valence-electron chi connectivity index (χ1n) is 3.71. The van der Waals surface area contributed by atoms with Crippen LogP contribution in [0.1, 0.15) is 13.3 Å². The molecule has 0 saturated heterocycles. The van der Waals surface area contributed by atoms with Crippen molar-refractivity contribution in [1.29, 1.82) is 0 Å². The first kappa shape index (κ1) is 10.6. The monoisotopic (exact) mass is 162 g/mol. The molecule has 0 aliphatic rings. The van der Waals surface area contributed by atoms with Crippen LogP contribution < -0.4 is 0 Å². The summed E-state index contributed by atoms with van der Waals surface area (Å²) < 4.78 is 21.4. The van der Waals surface area contributed by atoms with Gasteiger partial charge in [0.25, 0.3) is 0 Å². The van der Waals surface area contributed by atoms with Crippen LogP contribution in [0.5, 0.6) is 0 Å². The van der Waals surface area contributed by atoms with Crippen LogP contribution in [0, 0.1) is 0 Å². The summed E-state index contributed by atoms with van der Waals surface area (Å²) in [6.07, 6.45) is 2.29. The Labute approximate surface area is 67.0 Å². The van der Waals surface area contributed by atoms with Gasteiger partial charge >= 0.3 is 0 Å². The third kappa shape index (κ3) is 6.01. The summed E-state index contributed by atoms with van der Waals surface area (Å²) in [6.45, 7) is 5.61. The summed E-state index contributed by atoms with van der Waals surface area (Å²) in [7, 11) is 0. The molecule has 0 amide bonds. The maximum absolute atomic E-state index is 11.6. The molecule has 0 spiro atoms. The lowest BCUT2D eigenvalue weighted by Crippen LogP contribution is -2.18. The summed E-state index contributed by atoms with van der Waals surface area (Å²) in [5, 5.41) is 0. The molecule has 0 aromatic heterocycles. The molecule has 0 fully saturated rings. The molecule has 0 aliphatic carbocycles. The van der Waals surface area contributed by atoms with E-state index in [0.29, 0.717) is 13.2 Å². The lowest BCUT2D eigenvalue weighted by molar-refractivity contribution is -0.0473. The zero-order chi connectivity index (χ0) is 8.53. The van der Waals surface area contributed by atoms with E-state index in [0.717, 1.165) is 6.42 Å². The second-order valence-corrected chi connectivity index (χ2v) is 2.13. The first-order chi connectivity index (χ1) is 5.35.